The average Bonchev–Trinajstić information content (AvgIpc) is 3.00. The molecule has 5 rings (SSSR count). The van der Waals surface area contributed by atoms with Gasteiger partial charge in [-0.15, -0.1) is 0 Å². The lowest BCUT2D eigenvalue weighted by molar-refractivity contribution is 0.0956. The third-order valence-electron chi connectivity index (χ3n) is 5.73. The highest BCUT2D eigenvalue weighted by molar-refractivity contribution is 7.89. The van der Waals surface area contributed by atoms with Crippen LogP contribution in [0.3, 0.4) is 0 Å². The predicted octanol–water partition coefficient (Wildman–Crippen LogP) is 3.39. The standard InChI is InChI=1S/C21H21N3O3S/c25-28(26,20-5-1-3-15-4-2-10-23-21(15)20)24-16-6-7-17(24)14-19(13-16)27-18-8-11-22-12-9-18/h1-5,8-12,16-17,19H,6-7,13-14H2. The Hall–Kier alpha value is -2.51. The van der Waals surface area contributed by atoms with Gasteiger partial charge in [0.2, 0.25) is 10.0 Å². The van der Waals surface area contributed by atoms with Crippen LogP contribution in [0.5, 0.6) is 5.75 Å². The summed E-state index contributed by atoms with van der Waals surface area (Å²) in [6, 6.07) is 12.7. The number of piperidine rings is 1. The Bertz CT molecular complexity index is 1080. The molecule has 7 heteroatoms. The van der Waals surface area contributed by atoms with Gasteiger partial charge in [-0.2, -0.15) is 4.31 Å². The molecule has 2 saturated heterocycles. The van der Waals surface area contributed by atoms with Crippen LogP contribution in [0.25, 0.3) is 10.9 Å². The van der Waals surface area contributed by atoms with E-state index in [-0.39, 0.29) is 18.2 Å². The number of rotatable bonds is 4. The van der Waals surface area contributed by atoms with E-state index in [1.54, 1.807) is 35.0 Å². The normalized spacial score (nSPS) is 25.1. The van der Waals surface area contributed by atoms with Gasteiger partial charge in [0.25, 0.3) is 0 Å². The summed E-state index contributed by atoms with van der Waals surface area (Å²) < 4.78 is 35.0. The number of aromatic nitrogens is 2. The van der Waals surface area contributed by atoms with Gasteiger partial charge in [0.1, 0.15) is 16.7 Å². The summed E-state index contributed by atoms with van der Waals surface area (Å²) in [4.78, 5) is 8.66. The number of hydrogen-bond donors (Lipinski definition) is 0. The summed E-state index contributed by atoms with van der Waals surface area (Å²) in [7, 11) is -3.62. The summed E-state index contributed by atoms with van der Waals surface area (Å²) in [5.41, 5.74) is 0.541. The number of sulfonamides is 1. The monoisotopic (exact) mass is 395 g/mol. The molecule has 0 spiro atoms. The zero-order valence-corrected chi connectivity index (χ0v) is 16.1. The molecule has 0 radical (unpaired) electrons. The van der Waals surface area contributed by atoms with Crippen LogP contribution in [0.1, 0.15) is 25.7 Å². The first kappa shape index (κ1) is 17.6. The van der Waals surface area contributed by atoms with E-state index in [1.165, 1.54) is 0 Å². The van der Waals surface area contributed by atoms with Crippen LogP contribution >= 0.6 is 0 Å². The van der Waals surface area contributed by atoms with Gasteiger partial charge in [0, 0.05) is 48.9 Å². The number of nitrogens with zero attached hydrogens (tertiary/aromatic N) is 3. The number of para-hydroxylation sites is 1. The first-order valence-electron chi connectivity index (χ1n) is 9.57. The summed E-state index contributed by atoms with van der Waals surface area (Å²) in [5.74, 6) is 0.786. The molecule has 2 bridgehead atoms. The van der Waals surface area contributed by atoms with Gasteiger partial charge >= 0.3 is 0 Å². The second kappa shape index (κ2) is 6.83. The van der Waals surface area contributed by atoms with Crippen molar-refractivity contribution in [2.24, 2.45) is 0 Å². The highest BCUT2D eigenvalue weighted by Gasteiger charge is 2.48. The van der Waals surface area contributed by atoms with Crippen LogP contribution in [-0.2, 0) is 10.0 Å². The minimum absolute atomic E-state index is 0.0250. The van der Waals surface area contributed by atoms with Crippen molar-refractivity contribution in [2.45, 2.75) is 48.8 Å². The van der Waals surface area contributed by atoms with Gasteiger partial charge in [0.05, 0.1) is 5.52 Å². The molecule has 3 aromatic rings. The Balaban J connectivity index is 1.44. The van der Waals surface area contributed by atoms with Crippen molar-refractivity contribution in [3.05, 3.63) is 61.1 Å². The molecule has 4 heterocycles. The Morgan fingerprint density at radius 3 is 2.39 bits per heavy atom. The van der Waals surface area contributed by atoms with Gasteiger partial charge < -0.3 is 4.74 Å². The molecule has 2 unspecified atom stereocenters. The predicted molar refractivity (Wildman–Crippen MR) is 105 cm³/mol. The lowest BCUT2D eigenvalue weighted by atomic mass is 10.0. The van der Waals surface area contributed by atoms with Crippen LogP contribution in [0, 0.1) is 0 Å². The first-order valence-corrected chi connectivity index (χ1v) is 11.0. The molecule has 2 fully saturated rings. The Morgan fingerprint density at radius 1 is 0.929 bits per heavy atom. The Morgan fingerprint density at radius 2 is 1.64 bits per heavy atom. The van der Waals surface area contributed by atoms with E-state index in [1.807, 2.05) is 30.3 Å². The Labute approximate surface area is 164 Å². The fourth-order valence-electron chi connectivity index (χ4n) is 4.58. The van der Waals surface area contributed by atoms with Gasteiger partial charge in [-0.3, -0.25) is 9.97 Å². The number of pyridine rings is 2. The van der Waals surface area contributed by atoms with Crippen LogP contribution < -0.4 is 4.74 Å². The van der Waals surface area contributed by atoms with E-state index in [0.717, 1.165) is 24.0 Å². The number of fused-ring (bicyclic) bond motifs is 3. The summed E-state index contributed by atoms with van der Waals surface area (Å²) in [6.07, 6.45) is 8.24. The van der Waals surface area contributed by atoms with Crippen molar-refractivity contribution >= 4 is 20.9 Å². The smallest absolute Gasteiger partial charge is 0.245 e. The molecule has 0 saturated carbocycles. The number of ether oxygens (including phenoxy) is 1. The molecule has 28 heavy (non-hydrogen) atoms. The van der Waals surface area contributed by atoms with Crippen molar-refractivity contribution < 1.29 is 13.2 Å². The van der Waals surface area contributed by atoms with Crippen LogP contribution in [0.2, 0.25) is 0 Å². The maximum atomic E-state index is 13.6. The topological polar surface area (TPSA) is 72.4 Å². The molecule has 2 atom stereocenters. The first-order chi connectivity index (χ1) is 13.6. The fourth-order valence-corrected chi connectivity index (χ4v) is 6.64. The van der Waals surface area contributed by atoms with Crippen molar-refractivity contribution in [3.63, 3.8) is 0 Å². The van der Waals surface area contributed by atoms with Gasteiger partial charge in [-0.05, 0) is 37.1 Å². The van der Waals surface area contributed by atoms with Crippen molar-refractivity contribution in [3.8, 4) is 5.75 Å². The van der Waals surface area contributed by atoms with Crippen molar-refractivity contribution in [1.82, 2.24) is 14.3 Å². The van der Waals surface area contributed by atoms with Crippen molar-refractivity contribution in [1.29, 1.82) is 0 Å². The van der Waals surface area contributed by atoms with E-state index in [2.05, 4.69) is 9.97 Å². The zero-order chi connectivity index (χ0) is 19.1. The van der Waals surface area contributed by atoms with Crippen LogP contribution in [0.4, 0.5) is 0 Å². The van der Waals surface area contributed by atoms with Gasteiger partial charge in [-0.25, -0.2) is 8.42 Å². The average molecular weight is 395 g/mol. The second-order valence-corrected chi connectivity index (χ2v) is 9.26. The third-order valence-corrected chi connectivity index (χ3v) is 7.76. The van der Waals surface area contributed by atoms with Crippen molar-refractivity contribution in [2.75, 3.05) is 0 Å². The molecule has 144 valence electrons. The fraction of sp³-hybridized carbons (Fsp3) is 0.333. The largest absolute Gasteiger partial charge is 0.490 e. The van der Waals surface area contributed by atoms with E-state index >= 15 is 0 Å². The molecule has 0 amide bonds. The highest BCUT2D eigenvalue weighted by Crippen LogP contribution is 2.41. The minimum atomic E-state index is -3.62. The quantitative estimate of drug-likeness (QED) is 0.677. The summed E-state index contributed by atoms with van der Waals surface area (Å²) in [6.45, 7) is 0. The van der Waals surface area contributed by atoms with Crippen LogP contribution in [-0.4, -0.2) is 40.9 Å². The molecule has 0 aliphatic carbocycles. The number of hydrogen-bond acceptors (Lipinski definition) is 5. The van der Waals surface area contributed by atoms with E-state index < -0.39 is 10.0 Å². The maximum absolute atomic E-state index is 13.6. The van der Waals surface area contributed by atoms with Gasteiger partial charge in [-0.1, -0.05) is 18.2 Å². The summed E-state index contributed by atoms with van der Waals surface area (Å²) in [5, 5.41) is 0.840. The second-order valence-electron chi connectivity index (χ2n) is 7.45. The minimum Gasteiger partial charge on any atom is -0.490 e. The lowest BCUT2D eigenvalue weighted by Gasteiger charge is -2.37. The molecule has 0 N–H and O–H groups in total. The molecule has 2 aliphatic heterocycles. The molecule has 2 aliphatic rings. The van der Waals surface area contributed by atoms with E-state index in [9.17, 15) is 8.42 Å². The number of benzene rings is 1. The SMILES string of the molecule is O=S(=O)(c1cccc2cccnc12)N1C2CCC1CC(Oc1ccncc1)C2. The Kier molecular flexibility index (Phi) is 4.29. The maximum Gasteiger partial charge on any atom is 0.245 e. The molecular weight excluding hydrogens is 374 g/mol. The van der Waals surface area contributed by atoms with E-state index in [4.69, 9.17) is 4.74 Å². The molecule has 1 aromatic carbocycles. The van der Waals surface area contributed by atoms with Gasteiger partial charge in [0.15, 0.2) is 0 Å². The highest BCUT2D eigenvalue weighted by atomic mass is 32.2. The lowest BCUT2D eigenvalue weighted by Crippen LogP contribution is -2.49. The third kappa shape index (κ3) is 2.95. The molecule has 2 aromatic heterocycles. The van der Waals surface area contributed by atoms with E-state index in [0.29, 0.717) is 23.3 Å². The molecular formula is C21H21N3O3S. The summed E-state index contributed by atoms with van der Waals surface area (Å²) >= 11 is 0. The van der Waals surface area contributed by atoms with Crippen LogP contribution in [0.15, 0.2) is 66.0 Å². The molecule has 6 nitrogen and oxygen atoms in total. The zero-order valence-electron chi connectivity index (χ0n) is 15.3.